The van der Waals surface area contributed by atoms with Gasteiger partial charge in [0, 0.05) is 17.0 Å². The quantitative estimate of drug-likeness (QED) is 0.680. The van der Waals surface area contributed by atoms with Gasteiger partial charge >= 0.3 is 6.09 Å². The third-order valence-electron chi connectivity index (χ3n) is 2.25. The van der Waals surface area contributed by atoms with Crippen molar-refractivity contribution in [3.05, 3.63) is 39.7 Å². The highest BCUT2D eigenvalue weighted by Crippen LogP contribution is 2.17. The van der Waals surface area contributed by atoms with Crippen LogP contribution >= 0.6 is 0 Å². The van der Waals surface area contributed by atoms with Crippen molar-refractivity contribution in [2.45, 2.75) is 32.8 Å². The molecule has 0 radical (unpaired) electrons. The number of halogens is 1. The van der Waals surface area contributed by atoms with E-state index >= 15 is 0 Å². The fraction of sp³-hybridized carbons (Fsp3) is 0.462. The molecular formula is C13H17FN2O4. The summed E-state index contributed by atoms with van der Waals surface area (Å²) in [6, 6.07) is 3.89. The van der Waals surface area contributed by atoms with Gasteiger partial charge in [-0.3, -0.25) is 15.4 Å². The van der Waals surface area contributed by atoms with Crippen LogP contribution in [0, 0.1) is 15.9 Å². The van der Waals surface area contributed by atoms with E-state index in [9.17, 15) is 19.3 Å². The van der Waals surface area contributed by atoms with Crippen molar-refractivity contribution in [1.29, 1.82) is 0 Å². The molecule has 0 saturated heterocycles. The second-order valence-corrected chi connectivity index (χ2v) is 5.24. The summed E-state index contributed by atoms with van der Waals surface area (Å²) < 4.78 is 18.5. The number of nitro groups is 1. The number of nitrogens with zero attached hydrogens (tertiary/aromatic N) is 1. The smallest absolute Gasteiger partial charge is 0.412 e. The van der Waals surface area contributed by atoms with Gasteiger partial charge in [0.2, 0.25) is 6.54 Å². The van der Waals surface area contributed by atoms with Crippen molar-refractivity contribution in [2.75, 3.05) is 11.9 Å². The van der Waals surface area contributed by atoms with Crippen LogP contribution in [0.2, 0.25) is 0 Å². The summed E-state index contributed by atoms with van der Waals surface area (Å²) >= 11 is 0. The zero-order valence-corrected chi connectivity index (χ0v) is 11.6. The average Bonchev–Trinajstić information content (AvgIpc) is 2.27. The molecule has 7 heteroatoms. The van der Waals surface area contributed by atoms with E-state index in [-0.39, 0.29) is 18.5 Å². The molecule has 1 aromatic rings. The van der Waals surface area contributed by atoms with Crippen molar-refractivity contribution in [1.82, 2.24) is 0 Å². The van der Waals surface area contributed by atoms with Gasteiger partial charge in [-0.2, -0.15) is 0 Å². The number of rotatable bonds is 4. The number of hydrogen-bond acceptors (Lipinski definition) is 4. The second kappa shape index (κ2) is 6.31. The standard InChI is InChI=1S/C13H17FN2O4/c1-13(2,3)20-12(17)15-10-4-5-11(14)9(8-10)6-7-16(18)19/h4-5,8H,6-7H2,1-3H3,(H,15,17). The SMILES string of the molecule is CC(C)(C)OC(=O)Nc1ccc(F)c(CC[N+](=O)[O-])c1. The number of hydrogen-bond donors (Lipinski definition) is 1. The maximum absolute atomic E-state index is 13.5. The predicted octanol–water partition coefficient (Wildman–Crippen LogP) is 2.99. The van der Waals surface area contributed by atoms with E-state index in [0.29, 0.717) is 5.69 Å². The Morgan fingerprint density at radius 3 is 2.65 bits per heavy atom. The highest BCUT2D eigenvalue weighted by molar-refractivity contribution is 5.84. The summed E-state index contributed by atoms with van der Waals surface area (Å²) in [6.07, 6.45) is -0.702. The summed E-state index contributed by atoms with van der Waals surface area (Å²) in [4.78, 5) is 21.3. The summed E-state index contributed by atoms with van der Waals surface area (Å²) in [7, 11) is 0. The van der Waals surface area contributed by atoms with E-state index in [2.05, 4.69) is 5.32 Å². The lowest BCUT2D eigenvalue weighted by molar-refractivity contribution is -0.479. The van der Waals surface area contributed by atoms with E-state index in [1.165, 1.54) is 12.1 Å². The summed E-state index contributed by atoms with van der Waals surface area (Å²) in [5.41, 5.74) is -0.132. The summed E-state index contributed by atoms with van der Waals surface area (Å²) in [5.74, 6) is -0.540. The van der Waals surface area contributed by atoms with Crippen molar-refractivity contribution >= 4 is 11.8 Å². The fourth-order valence-corrected chi connectivity index (χ4v) is 1.48. The second-order valence-electron chi connectivity index (χ2n) is 5.24. The molecule has 0 atom stereocenters. The molecule has 0 unspecified atom stereocenters. The predicted molar refractivity (Wildman–Crippen MR) is 71.8 cm³/mol. The molecule has 110 valence electrons. The maximum Gasteiger partial charge on any atom is 0.412 e. The molecule has 0 aliphatic carbocycles. The van der Waals surface area contributed by atoms with Crippen LogP contribution in [0.1, 0.15) is 26.3 Å². The molecule has 0 heterocycles. The van der Waals surface area contributed by atoms with Crippen LogP contribution in [0.25, 0.3) is 0 Å². The van der Waals surface area contributed by atoms with Gasteiger partial charge < -0.3 is 4.74 Å². The first-order chi connectivity index (χ1) is 9.17. The Morgan fingerprint density at radius 1 is 1.45 bits per heavy atom. The normalized spacial score (nSPS) is 11.0. The average molecular weight is 284 g/mol. The molecule has 6 nitrogen and oxygen atoms in total. The van der Waals surface area contributed by atoms with Crippen molar-refractivity contribution in [2.24, 2.45) is 0 Å². The number of ether oxygens (including phenoxy) is 1. The largest absolute Gasteiger partial charge is 0.444 e. The Bertz CT molecular complexity index is 512. The van der Waals surface area contributed by atoms with Gasteiger partial charge in [-0.05, 0) is 44.5 Å². The number of carbonyl (C=O) groups is 1. The molecule has 1 aromatic carbocycles. The maximum atomic E-state index is 13.5. The van der Waals surface area contributed by atoms with Gasteiger partial charge in [0.25, 0.3) is 0 Å². The molecular weight excluding hydrogens is 267 g/mol. The molecule has 0 aliphatic rings. The molecule has 0 spiro atoms. The molecule has 0 aliphatic heterocycles. The monoisotopic (exact) mass is 284 g/mol. The summed E-state index contributed by atoms with van der Waals surface area (Å²) in [5, 5.41) is 12.8. The molecule has 1 amide bonds. The zero-order valence-electron chi connectivity index (χ0n) is 11.6. The third kappa shape index (κ3) is 5.64. The molecule has 1 N–H and O–H groups in total. The number of carbonyl (C=O) groups excluding carboxylic acids is 1. The number of anilines is 1. The van der Waals surface area contributed by atoms with Gasteiger partial charge in [-0.15, -0.1) is 0 Å². The van der Waals surface area contributed by atoms with Gasteiger partial charge in [-0.25, -0.2) is 9.18 Å². The minimum Gasteiger partial charge on any atom is -0.444 e. The first-order valence-electron chi connectivity index (χ1n) is 6.07. The molecule has 0 aromatic heterocycles. The highest BCUT2D eigenvalue weighted by atomic mass is 19.1. The van der Waals surface area contributed by atoms with E-state index in [4.69, 9.17) is 4.74 Å². The molecule has 0 saturated carbocycles. The highest BCUT2D eigenvalue weighted by Gasteiger charge is 2.16. The first kappa shape index (κ1) is 15.9. The minimum atomic E-state index is -0.663. The van der Waals surface area contributed by atoms with Crippen LogP contribution in [-0.4, -0.2) is 23.2 Å². The van der Waals surface area contributed by atoms with E-state index in [1.54, 1.807) is 20.8 Å². The fourth-order valence-electron chi connectivity index (χ4n) is 1.48. The van der Waals surface area contributed by atoms with Gasteiger partial charge in [-0.1, -0.05) is 0 Å². The van der Waals surface area contributed by atoms with Crippen LogP contribution in [0.3, 0.4) is 0 Å². The van der Waals surface area contributed by atoms with Crippen LogP contribution in [0.5, 0.6) is 0 Å². The summed E-state index contributed by atoms with van der Waals surface area (Å²) in [6.45, 7) is 4.80. The number of benzene rings is 1. The lowest BCUT2D eigenvalue weighted by atomic mass is 10.1. The van der Waals surface area contributed by atoms with Crippen LogP contribution in [0.4, 0.5) is 14.9 Å². The topological polar surface area (TPSA) is 81.5 Å². The lowest BCUT2D eigenvalue weighted by Gasteiger charge is -2.19. The first-order valence-corrected chi connectivity index (χ1v) is 6.07. The van der Waals surface area contributed by atoms with Crippen LogP contribution in [0.15, 0.2) is 18.2 Å². The van der Waals surface area contributed by atoms with Gasteiger partial charge in [0.1, 0.15) is 11.4 Å². The zero-order chi connectivity index (χ0) is 15.3. The molecule has 0 fully saturated rings. The van der Waals surface area contributed by atoms with E-state index in [0.717, 1.165) is 6.07 Å². The molecule has 20 heavy (non-hydrogen) atoms. The Hall–Kier alpha value is -2.18. The van der Waals surface area contributed by atoms with Gasteiger partial charge in [0.15, 0.2) is 0 Å². The van der Waals surface area contributed by atoms with E-state index < -0.39 is 22.4 Å². The van der Waals surface area contributed by atoms with Crippen LogP contribution < -0.4 is 5.32 Å². The third-order valence-corrected chi connectivity index (χ3v) is 2.25. The Morgan fingerprint density at radius 2 is 2.10 bits per heavy atom. The Kier molecular flexibility index (Phi) is 5.01. The van der Waals surface area contributed by atoms with Crippen LogP contribution in [-0.2, 0) is 11.2 Å². The van der Waals surface area contributed by atoms with Crippen molar-refractivity contribution < 1.29 is 18.8 Å². The molecule has 0 bridgehead atoms. The van der Waals surface area contributed by atoms with Crippen molar-refractivity contribution in [3.8, 4) is 0 Å². The number of nitrogens with one attached hydrogen (secondary N) is 1. The van der Waals surface area contributed by atoms with Crippen molar-refractivity contribution in [3.63, 3.8) is 0 Å². The molecule has 1 rings (SSSR count). The van der Waals surface area contributed by atoms with E-state index in [1.807, 2.05) is 0 Å². The lowest BCUT2D eigenvalue weighted by Crippen LogP contribution is -2.27. The minimum absolute atomic E-state index is 0.0390. The Balaban J connectivity index is 2.74. The van der Waals surface area contributed by atoms with Gasteiger partial charge in [0.05, 0.1) is 0 Å². The number of amides is 1. The Labute approximate surface area is 116 Å².